The van der Waals surface area contributed by atoms with Crippen LogP contribution in [0.5, 0.6) is 0 Å². The average molecular weight is 312 g/mol. The highest BCUT2D eigenvalue weighted by atomic mass is 35.5. The minimum Gasteiger partial charge on any atom is -0.307 e. The minimum atomic E-state index is -0.231. The summed E-state index contributed by atoms with van der Waals surface area (Å²) < 4.78 is 13.3. The molecule has 106 valence electrons. The van der Waals surface area contributed by atoms with Crippen LogP contribution in [-0.4, -0.2) is 6.54 Å². The van der Waals surface area contributed by atoms with Crippen molar-refractivity contribution in [2.45, 2.75) is 19.9 Å². The fourth-order valence-electron chi connectivity index (χ4n) is 2.32. The van der Waals surface area contributed by atoms with Crippen molar-refractivity contribution in [1.29, 1.82) is 0 Å². The van der Waals surface area contributed by atoms with Crippen LogP contribution in [0.3, 0.4) is 0 Å². The molecule has 0 fully saturated rings. The summed E-state index contributed by atoms with van der Waals surface area (Å²) in [7, 11) is 0. The van der Waals surface area contributed by atoms with Gasteiger partial charge in [0.2, 0.25) is 0 Å². The lowest BCUT2D eigenvalue weighted by atomic mass is 9.95. The topological polar surface area (TPSA) is 12.0 Å². The van der Waals surface area contributed by atoms with E-state index in [9.17, 15) is 4.39 Å². The molecule has 1 atom stereocenters. The van der Waals surface area contributed by atoms with E-state index in [4.69, 9.17) is 23.2 Å². The second-order valence-electron chi connectivity index (χ2n) is 4.69. The smallest absolute Gasteiger partial charge is 0.123 e. The van der Waals surface area contributed by atoms with Gasteiger partial charge in [-0.15, -0.1) is 0 Å². The maximum atomic E-state index is 13.3. The third kappa shape index (κ3) is 3.51. The van der Waals surface area contributed by atoms with Crippen LogP contribution in [-0.2, 0) is 0 Å². The van der Waals surface area contributed by atoms with Crippen molar-refractivity contribution < 1.29 is 4.39 Å². The van der Waals surface area contributed by atoms with Gasteiger partial charge in [0.15, 0.2) is 0 Å². The van der Waals surface area contributed by atoms with E-state index in [1.807, 2.05) is 26.0 Å². The zero-order chi connectivity index (χ0) is 14.7. The van der Waals surface area contributed by atoms with Gasteiger partial charge >= 0.3 is 0 Å². The van der Waals surface area contributed by atoms with Crippen molar-refractivity contribution >= 4 is 23.2 Å². The highest BCUT2D eigenvalue weighted by Gasteiger charge is 2.16. The Morgan fingerprint density at radius 3 is 2.30 bits per heavy atom. The van der Waals surface area contributed by atoms with E-state index in [2.05, 4.69) is 5.32 Å². The molecule has 0 aliphatic carbocycles. The van der Waals surface area contributed by atoms with E-state index in [1.54, 1.807) is 12.1 Å². The standard InChI is InChI=1S/C16H16Cl2FN/c1-3-20-16(11-7-12(17)9-13(18)8-11)15-5-4-14(19)6-10(15)2/h4-9,16,20H,3H2,1-2H3. The van der Waals surface area contributed by atoms with Crippen LogP contribution >= 0.6 is 23.2 Å². The van der Waals surface area contributed by atoms with Gasteiger partial charge in [-0.25, -0.2) is 4.39 Å². The molecule has 20 heavy (non-hydrogen) atoms. The Bertz CT molecular complexity index is 593. The van der Waals surface area contributed by atoms with Gasteiger partial charge in [-0.3, -0.25) is 0 Å². The lowest BCUT2D eigenvalue weighted by Crippen LogP contribution is -2.22. The number of aryl methyl sites for hydroxylation is 1. The molecule has 0 saturated carbocycles. The molecule has 1 unspecified atom stereocenters. The molecule has 0 aliphatic rings. The molecule has 2 aromatic rings. The molecular formula is C16H16Cl2FN. The van der Waals surface area contributed by atoms with Crippen LogP contribution in [0.2, 0.25) is 10.0 Å². The fraction of sp³-hybridized carbons (Fsp3) is 0.250. The first kappa shape index (κ1) is 15.3. The molecule has 0 aromatic heterocycles. The number of benzene rings is 2. The summed E-state index contributed by atoms with van der Waals surface area (Å²) >= 11 is 12.1. The van der Waals surface area contributed by atoms with Gasteiger partial charge in [0.1, 0.15) is 5.82 Å². The lowest BCUT2D eigenvalue weighted by Gasteiger charge is -2.21. The van der Waals surface area contributed by atoms with Crippen LogP contribution in [0, 0.1) is 12.7 Å². The molecule has 2 rings (SSSR count). The van der Waals surface area contributed by atoms with E-state index in [0.29, 0.717) is 10.0 Å². The second-order valence-corrected chi connectivity index (χ2v) is 5.57. The maximum Gasteiger partial charge on any atom is 0.123 e. The Morgan fingerprint density at radius 2 is 1.75 bits per heavy atom. The van der Waals surface area contributed by atoms with Gasteiger partial charge in [0, 0.05) is 10.0 Å². The van der Waals surface area contributed by atoms with E-state index >= 15 is 0 Å². The summed E-state index contributed by atoms with van der Waals surface area (Å²) in [5.74, 6) is -0.231. The zero-order valence-electron chi connectivity index (χ0n) is 11.4. The van der Waals surface area contributed by atoms with Crippen LogP contribution < -0.4 is 5.32 Å². The Morgan fingerprint density at radius 1 is 1.10 bits per heavy atom. The molecule has 1 nitrogen and oxygen atoms in total. The Hall–Kier alpha value is -1.09. The van der Waals surface area contributed by atoms with Crippen LogP contribution in [0.25, 0.3) is 0 Å². The third-order valence-electron chi connectivity index (χ3n) is 3.17. The minimum absolute atomic E-state index is 0.0585. The maximum absolute atomic E-state index is 13.3. The molecule has 2 aromatic carbocycles. The molecule has 0 radical (unpaired) electrons. The molecule has 4 heteroatoms. The molecule has 1 N–H and O–H groups in total. The van der Waals surface area contributed by atoms with E-state index in [0.717, 1.165) is 23.2 Å². The van der Waals surface area contributed by atoms with Crippen molar-refractivity contribution in [3.8, 4) is 0 Å². The first-order valence-corrected chi connectivity index (χ1v) is 7.22. The van der Waals surface area contributed by atoms with Gasteiger partial charge in [-0.2, -0.15) is 0 Å². The van der Waals surface area contributed by atoms with Crippen LogP contribution in [0.1, 0.15) is 29.7 Å². The predicted molar refractivity (Wildman–Crippen MR) is 83.1 cm³/mol. The van der Waals surface area contributed by atoms with Gasteiger partial charge in [0.05, 0.1) is 6.04 Å². The van der Waals surface area contributed by atoms with Crippen LogP contribution in [0.4, 0.5) is 4.39 Å². The average Bonchev–Trinajstić information content (AvgIpc) is 2.35. The molecule has 0 bridgehead atoms. The van der Waals surface area contributed by atoms with Gasteiger partial charge in [-0.05, 0) is 60.5 Å². The van der Waals surface area contributed by atoms with Crippen molar-refractivity contribution in [2.24, 2.45) is 0 Å². The van der Waals surface area contributed by atoms with Crippen molar-refractivity contribution in [3.05, 3.63) is 69.0 Å². The van der Waals surface area contributed by atoms with Crippen molar-refractivity contribution in [1.82, 2.24) is 5.32 Å². The summed E-state index contributed by atoms with van der Waals surface area (Å²) in [4.78, 5) is 0. The monoisotopic (exact) mass is 311 g/mol. The summed E-state index contributed by atoms with van der Waals surface area (Å²) in [6, 6.07) is 10.2. The lowest BCUT2D eigenvalue weighted by molar-refractivity contribution is 0.610. The highest BCUT2D eigenvalue weighted by molar-refractivity contribution is 6.34. The van der Waals surface area contributed by atoms with E-state index < -0.39 is 0 Å². The van der Waals surface area contributed by atoms with Gasteiger partial charge in [-0.1, -0.05) is 36.2 Å². The highest BCUT2D eigenvalue weighted by Crippen LogP contribution is 2.29. The first-order chi connectivity index (χ1) is 9.51. The number of hydrogen-bond acceptors (Lipinski definition) is 1. The predicted octanol–water partition coefficient (Wildman–Crippen LogP) is 5.14. The van der Waals surface area contributed by atoms with Crippen molar-refractivity contribution in [2.75, 3.05) is 6.54 Å². The molecule has 0 spiro atoms. The first-order valence-electron chi connectivity index (χ1n) is 6.46. The third-order valence-corrected chi connectivity index (χ3v) is 3.61. The van der Waals surface area contributed by atoms with Gasteiger partial charge in [0.25, 0.3) is 0 Å². The van der Waals surface area contributed by atoms with E-state index in [-0.39, 0.29) is 11.9 Å². The fourth-order valence-corrected chi connectivity index (χ4v) is 2.86. The van der Waals surface area contributed by atoms with Crippen molar-refractivity contribution in [3.63, 3.8) is 0 Å². The Kier molecular flexibility index (Phi) is 5.03. The number of nitrogens with one attached hydrogen (secondary N) is 1. The largest absolute Gasteiger partial charge is 0.307 e. The summed E-state index contributed by atoms with van der Waals surface area (Å²) in [6.07, 6.45) is 0. The molecule has 0 heterocycles. The number of hydrogen-bond donors (Lipinski definition) is 1. The quantitative estimate of drug-likeness (QED) is 0.824. The Labute approximate surface area is 128 Å². The molecular weight excluding hydrogens is 296 g/mol. The SMILES string of the molecule is CCNC(c1cc(Cl)cc(Cl)c1)c1ccc(F)cc1C. The summed E-state index contributed by atoms with van der Waals surface area (Å²) in [5.41, 5.74) is 2.89. The molecule has 0 aliphatic heterocycles. The summed E-state index contributed by atoms with van der Waals surface area (Å²) in [5, 5.41) is 4.58. The van der Waals surface area contributed by atoms with Crippen LogP contribution in [0.15, 0.2) is 36.4 Å². The molecule has 0 amide bonds. The summed E-state index contributed by atoms with van der Waals surface area (Å²) in [6.45, 7) is 4.71. The number of halogens is 3. The molecule has 0 saturated heterocycles. The zero-order valence-corrected chi connectivity index (χ0v) is 12.9. The normalized spacial score (nSPS) is 12.4. The van der Waals surface area contributed by atoms with Gasteiger partial charge < -0.3 is 5.32 Å². The second kappa shape index (κ2) is 6.57. The van der Waals surface area contributed by atoms with E-state index in [1.165, 1.54) is 12.1 Å². The Balaban J connectivity index is 2.49. The number of rotatable bonds is 4.